The smallest absolute Gasteiger partial charge is 0.870 e. The predicted molar refractivity (Wildman–Crippen MR) is 293 cm³/mol. The Morgan fingerprint density at radius 3 is 1.12 bits per heavy atom. The average molecular weight is 1030 g/mol. The van der Waals surface area contributed by atoms with Gasteiger partial charge in [-0.15, -0.1) is 0 Å². The third-order valence-electron chi connectivity index (χ3n) is 13.4. The van der Waals surface area contributed by atoms with Gasteiger partial charge < -0.3 is 40.4 Å². The fourth-order valence-corrected chi connectivity index (χ4v) is 9.87. The largest absolute Gasteiger partial charge is 1.00 e. The second-order valence-electron chi connectivity index (χ2n) is 18.1. The number of methoxy groups -OCH3 is 1. The standard InChI is InChI=1S/C30H30N4O3.C29H28N4O3.CH4.Li.2H2O/c1-22-20-27(34(31-22)25-16-10-5-11-17-25)32-18-19-33(26(21-32)30(36)37-2)29(35)28(23-12-6-3-7-13-23)24-14-8-4-9-15-24;1-21-19-26(33(30-21)24-15-9-4-10-16-24)31-17-18-32(25(20-31)29(35)36)28(34)27(22-11-5-2-6-12-22)23-13-7-3-8-14-23;;;;/h3-17,20,26,28H,18-19,21H2,1-2H3;2-16,19,25,27H,17-18,20H2,1H3,(H,35,36);1H4;;2*1H2/q;;;+1;;/p-1/t26-;25-;;;;/m00..../s1. The van der Waals surface area contributed by atoms with E-state index in [-0.39, 0.29) is 55.6 Å². The van der Waals surface area contributed by atoms with Crippen molar-refractivity contribution in [2.75, 3.05) is 56.2 Å². The van der Waals surface area contributed by atoms with Gasteiger partial charge in [0.1, 0.15) is 23.7 Å². The number of aromatic nitrogens is 4. The normalized spacial score (nSPS) is 14.9. The predicted octanol–water partition coefficient (Wildman–Crippen LogP) is 4.96. The van der Waals surface area contributed by atoms with Gasteiger partial charge in [-0.25, -0.2) is 19.0 Å². The molecule has 0 spiro atoms. The van der Waals surface area contributed by atoms with E-state index in [0.29, 0.717) is 32.7 Å². The number of aryl methyl sites for hydroxylation is 2. The number of rotatable bonds is 12. The van der Waals surface area contributed by atoms with Crippen molar-refractivity contribution in [1.29, 1.82) is 0 Å². The van der Waals surface area contributed by atoms with Crippen LogP contribution < -0.4 is 28.7 Å². The van der Waals surface area contributed by atoms with Crippen molar-refractivity contribution in [3.63, 3.8) is 0 Å². The summed E-state index contributed by atoms with van der Waals surface area (Å²) in [6, 6.07) is 60.4. The van der Waals surface area contributed by atoms with Crippen molar-refractivity contribution in [2.24, 2.45) is 0 Å². The summed E-state index contributed by atoms with van der Waals surface area (Å²) in [6.07, 6.45) is 0. The van der Waals surface area contributed by atoms with Crippen molar-refractivity contribution in [1.82, 2.24) is 29.4 Å². The third kappa shape index (κ3) is 13.4. The number of carbonyl (C=O) groups is 4. The molecule has 2 atom stereocenters. The molecule has 6 aromatic carbocycles. The molecule has 2 aromatic heterocycles. The fourth-order valence-electron chi connectivity index (χ4n) is 9.87. The van der Waals surface area contributed by atoms with E-state index < -0.39 is 35.9 Å². The van der Waals surface area contributed by atoms with Crippen LogP contribution >= 0.6 is 0 Å². The molecule has 2 aliphatic heterocycles. The first-order chi connectivity index (χ1) is 35.6. The van der Waals surface area contributed by atoms with Crippen molar-refractivity contribution in [3.05, 3.63) is 228 Å². The van der Waals surface area contributed by atoms with Crippen molar-refractivity contribution in [2.45, 2.75) is 45.2 Å². The summed E-state index contributed by atoms with van der Waals surface area (Å²) in [5, 5.41) is 19.5. The van der Waals surface area contributed by atoms with Gasteiger partial charge in [-0.05, 0) is 60.4 Å². The summed E-state index contributed by atoms with van der Waals surface area (Å²) in [6.45, 7) is 6.10. The number of carboxylic acid groups (broad SMARTS) is 1. The number of amides is 2. The minimum atomic E-state index is -1.02. The van der Waals surface area contributed by atoms with Gasteiger partial charge in [0.2, 0.25) is 11.8 Å². The molecule has 0 saturated carbocycles. The summed E-state index contributed by atoms with van der Waals surface area (Å²) >= 11 is 0. The third-order valence-corrected chi connectivity index (χ3v) is 13.4. The van der Waals surface area contributed by atoms with Crippen LogP contribution in [0.25, 0.3) is 11.4 Å². The Morgan fingerprint density at radius 2 is 0.805 bits per heavy atom. The number of piperazine rings is 2. The molecule has 0 bridgehead atoms. The van der Waals surface area contributed by atoms with Crippen LogP contribution in [0, 0.1) is 13.8 Å². The number of hydrogen-bond donors (Lipinski definition) is 1. The molecule has 77 heavy (non-hydrogen) atoms. The minimum absolute atomic E-state index is 0. The van der Waals surface area contributed by atoms with Gasteiger partial charge in [0.05, 0.1) is 54.8 Å². The number of hydrogen-bond acceptors (Lipinski definition) is 10. The molecule has 2 saturated heterocycles. The van der Waals surface area contributed by atoms with Crippen LogP contribution in [-0.4, -0.2) is 128 Å². The summed E-state index contributed by atoms with van der Waals surface area (Å²) < 4.78 is 8.91. The first-order valence-corrected chi connectivity index (χ1v) is 24.4. The average Bonchev–Trinajstić information content (AvgIpc) is 4.04. The van der Waals surface area contributed by atoms with Gasteiger partial charge in [0.15, 0.2) is 0 Å². The number of aliphatic carboxylic acids is 1. The maximum Gasteiger partial charge on any atom is 1.00 e. The number of nitrogens with zero attached hydrogens (tertiary/aromatic N) is 8. The van der Waals surface area contributed by atoms with E-state index in [0.717, 1.165) is 56.7 Å². The zero-order valence-corrected chi connectivity index (χ0v) is 43.0. The SMILES string of the molecule is C.COC(=O)[C@@H]1CN(c2cc(C)nn2-c2ccccc2)CCN1C(=O)C(c1ccccc1)c1ccccc1.Cc1cc(N2CCN(C(=O)C(c3ccccc3)c3ccccc3)[C@H](C(=O)O)C2)n(-c2ccccc2)n1.O.[Li+].[OH-]. The van der Waals surface area contributed by atoms with Crippen molar-refractivity contribution >= 4 is 35.4 Å². The Balaban J connectivity index is 0.000000270. The van der Waals surface area contributed by atoms with E-state index in [4.69, 9.17) is 4.74 Å². The first-order valence-electron chi connectivity index (χ1n) is 24.4. The van der Waals surface area contributed by atoms with Crippen LogP contribution in [0.15, 0.2) is 194 Å². The Morgan fingerprint density at radius 1 is 0.506 bits per heavy atom. The second-order valence-corrected chi connectivity index (χ2v) is 18.1. The molecule has 10 rings (SSSR count). The van der Waals surface area contributed by atoms with Gasteiger partial charge in [-0.2, -0.15) is 10.2 Å². The van der Waals surface area contributed by atoms with Crippen LogP contribution in [0.1, 0.15) is 52.9 Å². The topological polar surface area (TPSA) is 208 Å². The maximum absolute atomic E-state index is 14.1. The Bertz CT molecular complexity index is 3050. The van der Waals surface area contributed by atoms with Crippen LogP contribution in [-0.2, 0) is 23.9 Å². The molecule has 4 heterocycles. The van der Waals surface area contributed by atoms with E-state index in [1.54, 1.807) is 4.90 Å². The molecule has 0 aliphatic carbocycles. The van der Waals surface area contributed by atoms with Crippen molar-refractivity contribution in [3.8, 4) is 11.4 Å². The van der Waals surface area contributed by atoms with E-state index in [1.807, 2.05) is 222 Å². The van der Waals surface area contributed by atoms with Crippen LogP contribution in [0.4, 0.5) is 11.6 Å². The molecule has 16 nitrogen and oxygen atoms in total. The minimum Gasteiger partial charge on any atom is -0.870 e. The van der Waals surface area contributed by atoms with E-state index in [1.165, 1.54) is 12.0 Å². The van der Waals surface area contributed by atoms with Crippen LogP contribution in [0.5, 0.6) is 0 Å². The number of esters is 1. The Labute approximate surface area is 461 Å². The quantitative estimate of drug-likeness (QED) is 0.128. The van der Waals surface area contributed by atoms with Gasteiger partial charge in [-0.1, -0.05) is 165 Å². The van der Waals surface area contributed by atoms with Gasteiger partial charge in [0.25, 0.3) is 0 Å². The molecule has 0 radical (unpaired) electrons. The Kier molecular flexibility index (Phi) is 21.3. The number of benzene rings is 6. The van der Waals surface area contributed by atoms with Crippen LogP contribution in [0.3, 0.4) is 0 Å². The summed E-state index contributed by atoms with van der Waals surface area (Å²) in [4.78, 5) is 61.0. The monoisotopic (exact) mass is 1030 g/mol. The fraction of sp³-hybridized carbons (Fsp3) is 0.233. The first kappa shape index (κ1) is 59.6. The Hall–Kier alpha value is -8.26. The molecule has 2 aliphatic rings. The molecule has 2 fully saturated rings. The molecule has 4 N–H and O–H groups in total. The molecule has 394 valence electrons. The molecule has 8 aromatic rings. The number of carboxylic acids is 1. The molecule has 2 amide bonds. The van der Waals surface area contributed by atoms with Gasteiger partial charge in [-0.3, -0.25) is 9.59 Å². The second kappa shape index (κ2) is 27.5. The summed E-state index contributed by atoms with van der Waals surface area (Å²) in [5.74, 6) is -1.15. The van der Waals surface area contributed by atoms with E-state index in [2.05, 4.69) is 15.1 Å². The zero-order chi connectivity index (χ0) is 50.8. The number of ether oxygens (including phenoxy) is 1. The van der Waals surface area contributed by atoms with Crippen LogP contribution in [0.2, 0.25) is 0 Å². The number of para-hydroxylation sites is 2. The molecular weight excluding hydrogens is 968 g/mol. The number of anilines is 2. The van der Waals surface area contributed by atoms with E-state index in [9.17, 15) is 24.3 Å². The molecular formula is C60H65LiN8O8. The number of carbonyl (C=O) groups excluding carboxylic acids is 3. The molecule has 0 unspecified atom stereocenters. The summed E-state index contributed by atoms with van der Waals surface area (Å²) in [5.41, 5.74) is 7.03. The molecule has 17 heteroatoms. The van der Waals surface area contributed by atoms with Crippen molar-refractivity contribution < 1.29 is 58.8 Å². The van der Waals surface area contributed by atoms with E-state index >= 15 is 0 Å². The van der Waals surface area contributed by atoms with Gasteiger partial charge >= 0.3 is 30.8 Å². The maximum atomic E-state index is 14.1. The zero-order valence-electron chi connectivity index (χ0n) is 43.0. The summed E-state index contributed by atoms with van der Waals surface area (Å²) in [7, 11) is 1.37. The van der Waals surface area contributed by atoms with Gasteiger partial charge in [0, 0.05) is 38.3 Å².